The Kier molecular flexibility index (Phi) is 7.60. The van der Waals surface area contributed by atoms with E-state index in [-0.39, 0.29) is 5.41 Å². The van der Waals surface area contributed by atoms with Crippen LogP contribution in [0.2, 0.25) is 0 Å². The molecule has 11 rings (SSSR count). The van der Waals surface area contributed by atoms with Crippen LogP contribution >= 0.6 is 0 Å². The highest BCUT2D eigenvalue weighted by atomic mass is 15.1. The third-order valence-electron chi connectivity index (χ3n) is 13.4. The van der Waals surface area contributed by atoms with Crippen molar-refractivity contribution in [2.24, 2.45) is 0 Å². The summed E-state index contributed by atoms with van der Waals surface area (Å²) < 4.78 is 0. The number of nitrogens with zero attached hydrogens (tertiary/aromatic N) is 2. The minimum Gasteiger partial charge on any atom is -0.372 e. The zero-order chi connectivity index (χ0) is 36.7. The predicted octanol–water partition coefficient (Wildman–Crippen LogP) is 13.9. The monoisotopic (exact) mass is 712 g/mol. The fourth-order valence-corrected chi connectivity index (χ4v) is 10.6. The molecule has 0 atom stereocenters. The molecule has 2 fully saturated rings. The highest BCUT2D eigenvalue weighted by Crippen LogP contribution is 2.52. The number of rotatable bonds is 4. The Morgan fingerprint density at radius 1 is 0.382 bits per heavy atom. The van der Waals surface area contributed by atoms with Crippen molar-refractivity contribution in [3.05, 3.63) is 145 Å². The summed E-state index contributed by atoms with van der Waals surface area (Å²) in [6, 6.07) is 51.8. The van der Waals surface area contributed by atoms with Gasteiger partial charge in [0, 0.05) is 43.0 Å². The van der Waals surface area contributed by atoms with Crippen molar-refractivity contribution >= 4 is 54.5 Å². The summed E-state index contributed by atoms with van der Waals surface area (Å²) in [5.74, 6) is 0. The lowest BCUT2D eigenvalue weighted by Gasteiger charge is -2.31. The first-order valence-corrected chi connectivity index (χ1v) is 20.7. The molecule has 0 N–H and O–H groups in total. The van der Waals surface area contributed by atoms with Crippen molar-refractivity contribution in [1.82, 2.24) is 0 Å². The van der Waals surface area contributed by atoms with E-state index < -0.39 is 0 Å². The number of piperidine rings is 2. The van der Waals surface area contributed by atoms with Gasteiger partial charge in [0.25, 0.3) is 0 Å². The summed E-state index contributed by atoms with van der Waals surface area (Å²) in [4.78, 5) is 5.26. The molecule has 0 saturated carbocycles. The van der Waals surface area contributed by atoms with E-state index in [1.54, 1.807) is 0 Å². The first-order chi connectivity index (χ1) is 27.0. The highest BCUT2D eigenvalue weighted by Gasteiger charge is 2.35. The molecule has 3 aliphatic rings. The van der Waals surface area contributed by atoms with Gasteiger partial charge >= 0.3 is 0 Å². The smallest absolute Gasteiger partial charge is 0.0372 e. The molecule has 8 aromatic carbocycles. The van der Waals surface area contributed by atoms with Crippen molar-refractivity contribution in [3.63, 3.8) is 0 Å². The largest absolute Gasteiger partial charge is 0.372 e. The SMILES string of the molecule is CC1(C)c2ccccc2-c2ccc(-c3c4cc(N5CCCCC5)ccc4c(-c4cc5ccccc5c5ccccc45)c4cc(N5CCCCC5)ccc34)cc21. The Morgan fingerprint density at radius 3 is 1.65 bits per heavy atom. The zero-order valence-corrected chi connectivity index (χ0v) is 32.2. The van der Waals surface area contributed by atoms with Gasteiger partial charge in [-0.25, -0.2) is 0 Å². The van der Waals surface area contributed by atoms with Gasteiger partial charge in [0.15, 0.2) is 0 Å². The number of hydrogen-bond donors (Lipinski definition) is 0. The molecule has 0 aromatic heterocycles. The molecule has 270 valence electrons. The van der Waals surface area contributed by atoms with Gasteiger partial charge in [-0.1, -0.05) is 111 Å². The Balaban J connectivity index is 1.26. The van der Waals surface area contributed by atoms with Crippen LogP contribution in [0, 0.1) is 0 Å². The average Bonchev–Trinajstić information content (AvgIpc) is 3.48. The van der Waals surface area contributed by atoms with Crippen LogP contribution in [-0.2, 0) is 5.41 Å². The lowest BCUT2D eigenvalue weighted by atomic mass is 9.80. The normalized spacial score (nSPS) is 16.6. The first-order valence-electron chi connectivity index (χ1n) is 20.7. The molecule has 2 saturated heterocycles. The molecule has 2 nitrogen and oxygen atoms in total. The van der Waals surface area contributed by atoms with Crippen LogP contribution in [-0.4, -0.2) is 26.2 Å². The fourth-order valence-electron chi connectivity index (χ4n) is 10.6. The van der Waals surface area contributed by atoms with Gasteiger partial charge in [0.2, 0.25) is 0 Å². The quantitative estimate of drug-likeness (QED) is 0.132. The maximum absolute atomic E-state index is 2.63. The van der Waals surface area contributed by atoms with Gasteiger partial charge in [-0.3, -0.25) is 0 Å². The minimum absolute atomic E-state index is 0.0715. The van der Waals surface area contributed by atoms with Crippen LogP contribution in [0.25, 0.3) is 76.5 Å². The third kappa shape index (κ3) is 5.14. The van der Waals surface area contributed by atoms with E-state index >= 15 is 0 Å². The topological polar surface area (TPSA) is 6.48 Å². The molecule has 0 unspecified atom stereocenters. The van der Waals surface area contributed by atoms with Crippen molar-refractivity contribution in [2.45, 2.75) is 57.8 Å². The number of benzene rings is 8. The van der Waals surface area contributed by atoms with E-state index in [1.807, 2.05) is 0 Å². The van der Waals surface area contributed by atoms with Crippen molar-refractivity contribution < 1.29 is 0 Å². The number of hydrogen-bond acceptors (Lipinski definition) is 2. The lowest BCUT2D eigenvalue weighted by Crippen LogP contribution is -2.29. The maximum Gasteiger partial charge on any atom is 0.0372 e. The van der Waals surface area contributed by atoms with Crippen LogP contribution in [0.1, 0.15) is 63.5 Å². The van der Waals surface area contributed by atoms with Crippen molar-refractivity contribution in [2.75, 3.05) is 36.0 Å². The molecule has 2 heterocycles. The summed E-state index contributed by atoms with van der Waals surface area (Å²) in [5, 5.41) is 10.6. The van der Waals surface area contributed by atoms with Crippen LogP contribution in [0.3, 0.4) is 0 Å². The molecule has 0 radical (unpaired) electrons. The molecule has 2 aliphatic heterocycles. The second-order valence-corrected chi connectivity index (χ2v) is 16.9. The third-order valence-corrected chi connectivity index (χ3v) is 13.4. The summed E-state index contributed by atoms with van der Waals surface area (Å²) in [6.07, 6.45) is 7.69. The van der Waals surface area contributed by atoms with Crippen molar-refractivity contribution in [3.8, 4) is 33.4 Å². The summed E-state index contributed by atoms with van der Waals surface area (Å²) in [6.45, 7) is 9.32. The Hall–Kier alpha value is -5.60. The predicted molar refractivity (Wildman–Crippen MR) is 237 cm³/mol. The van der Waals surface area contributed by atoms with Crippen LogP contribution < -0.4 is 9.80 Å². The first kappa shape index (κ1) is 32.8. The second kappa shape index (κ2) is 12.7. The van der Waals surface area contributed by atoms with Gasteiger partial charge < -0.3 is 9.80 Å². The molecule has 0 bridgehead atoms. The molecule has 0 amide bonds. The van der Waals surface area contributed by atoms with E-state index in [4.69, 9.17) is 0 Å². The van der Waals surface area contributed by atoms with Crippen LogP contribution in [0.5, 0.6) is 0 Å². The fraction of sp³-hybridized carbons (Fsp3) is 0.245. The van der Waals surface area contributed by atoms with Crippen LogP contribution in [0.4, 0.5) is 11.4 Å². The molecule has 55 heavy (non-hydrogen) atoms. The Bertz CT molecular complexity index is 2810. The number of fused-ring (bicyclic) bond motifs is 8. The van der Waals surface area contributed by atoms with Gasteiger partial charge in [0.1, 0.15) is 0 Å². The van der Waals surface area contributed by atoms with Crippen molar-refractivity contribution in [1.29, 1.82) is 0 Å². The van der Waals surface area contributed by atoms with E-state index in [2.05, 4.69) is 157 Å². The molecule has 0 spiro atoms. The maximum atomic E-state index is 2.63. The summed E-state index contributed by atoms with van der Waals surface area (Å²) in [7, 11) is 0. The molecule has 1 aliphatic carbocycles. The van der Waals surface area contributed by atoms with Gasteiger partial charge in [-0.2, -0.15) is 0 Å². The Labute approximate surface area is 325 Å². The van der Waals surface area contributed by atoms with Gasteiger partial charge in [0.05, 0.1) is 0 Å². The highest BCUT2D eigenvalue weighted by molar-refractivity contribution is 6.26. The van der Waals surface area contributed by atoms with Gasteiger partial charge in [-0.05, 0) is 163 Å². The second-order valence-electron chi connectivity index (χ2n) is 16.9. The molecular weight excluding hydrogens is 665 g/mol. The lowest BCUT2D eigenvalue weighted by molar-refractivity contribution is 0.578. The molecular formula is C53H48N2. The molecule has 8 aromatic rings. The molecule has 2 heteroatoms. The minimum atomic E-state index is -0.0715. The Morgan fingerprint density at radius 2 is 0.945 bits per heavy atom. The average molecular weight is 713 g/mol. The number of anilines is 2. The van der Waals surface area contributed by atoms with E-state index in [0.29, 0.717) is 0 Å². The summed E-state index contributed by atoms with van der Waals surface area (Å²) in [5.41, 5.74) is 13.6. The van der Waals surface area contributed by atoms with E-state index in [9.17, 15) is 0 Å². The summed E-state index contributed by atoms with van der Waals surface area (Å²) >= 11 is 0. The van der Waals surface area contributed by atoms with E-state index in [1.165, 1.54) is 137 Å². The standard InChI is InChI=1S/C53H48N2/c1-53(2)49-20-10-9-19-42(49)43-24-21-36(32-50(43)53)51-44-25-22-38(55-29-13-4-14-30-55)34-48(44)52(45-26-23-37(33-47(45)51)54-27-11-3-12-28-54)46-31-35-15-5-6-16-39(35)40-17-7-8-18-41(40)46/h5-10,15-26,31-34H,3-4,11-14,27-30H2,1-2H3. The van der Waals surface area contributed by atoms with Crippen LogP contribution in [0.15, 0.2) is 133 Å². The van der Waals surface area contributed by atoms with E-state index in [0.717, 1.165) is 26.2 Å². The van der Waals surface area contributed by atoms with Gasteiger partial charge in [-0.15, -0.1) is 0 Å². The zero-order valence-electron chi connectivity index (χ0n) is 32.2.